The van der Waals surface area contributed by atoms with Crippen LogP contribution in [0.2, 0.25) is 0 Å². The van der Waals surface area contributed by atoms with Crippen LogP contribution in [-0.2, 0) is 11.3 Å². The predicted octanol–water partition coefficient (Wildman–Crippen LogP) is 1.69. The third-order valence-electron chi connectivity index (χ3n) is 2.74. The normalized spacial score (nSPS) is 10.6. The second-order valence-corrected chi connectivity index (χ2v) is 5.02. The average molecular weight is 324 g/mol. The molecule has 0 saturated carbocycles. The van der Waals surface area contributed by atoms with Crippen molar-refractivity contribution in [3.05, 3.63) is 39.4 Å². The summed E-state index contributed by atoms with van der Waals surface area (Å²) in [6.45, 7) is 2.79. The number of hydrogen-bond donors (Lipinski definition) is 1. The maximum absolute atomic E-state index is 12.2. The predicted molar refractivity (Wildman–Crippen MR) is 77.0 cm³/mol. The van der Waals surface area contributed by atoms with E-state index in [9.17, 15) is 9.59 Å². The van der Waals surface area contributed by atoms with Crippen molar-refractivity contribution >= 4 is 32.7 Å². The van der Waals surface area contributed by atoms with Gasteiger partial charge in [0.05, 0.1) is 17.2 Å². The van der Waals surface area contributed by atoms with E-state index in [2.05, 4.69) is 26.2 Å². The molecule has 0 spiro atoms. The minimum atomic E-state index is -0.123. The first-order valence-electron chi connectivity index (χ1n) is 6.03. The van der Waals surface area contributed by atoms with Crippen LogP contribution in [0.5, 0.6) is 0 Å². The summed E-state index contributed by atoms with van der Waals surface area (Å²) in [7, 11) is 0. The highest BCUT2D eigenvalue weighted by Crippen LogP contribution is 2.14. The van der Waals surface area contributed by atoms with E-state index in [1.54, 1.807) is 18.2 Å². The third kappa shape index (κ3) is 3.20. The molecule has 0 fully saturated rings. The molecule has 19 heavy (non-hydrogen) atoms. The van der Waals surface area contributed by atoms with Gasteiger partial charge in [-0.3, -0.25) is 14.2 Å². The fraction of sp³-hybridized carbons (Fsp3) is 0.308. The highest BCUT2D eigenvalue weighted by molar-refractivity contribution is 9.10. The molecule has 2 rings (SSSR count). The standard InChI is InChI=1S/C13H14BrN3O2/c1-2-15-12(18)5-6-17-8-16-11-7-9(14)3-4-10(11)13(17)19/h3-4,7-8H,2,5-6H2,1H3,(H,15,18). The molecule has 0 radical (unpaired) electrons. The number of aryl methyl sites for hydroxylation is 1. The summed E-state index contributed by atoms with van der Waals surface area (Å²) in [6.07, 6.45) is 1.76. The van der Waals surface area contributed by atoms with E-state index in [1.807, 2.05) is 6.92 Å². The van der Waals surface area contributed by atoms with Gasteiger partial charge in [-0.2, -0.15) is 0 Å². The quantitative estimate of drug-likeness (QED) is 0.931. The van der Waals surface area contributed by atoms with Crippen molar-refractivity contribution in [3.63, 3.8) is 0 Å². The molecule has 1 amide bonds. The zero-order valence-corrected chi connectivity index (χ0v) is 12.1. The van der Waals surface area contributed by atoms with Crippen molar-refractivity contribution in [2.75, 3.05) is 6.54 Å². The van der Waals surface area contributed by atoms with Crippen LogP contribution in [0.25, 0.3) is 10.9 Å². The van der Waals surface area contributed by atoms with E-state index in [-0.39, 0.29) is 17.9 Å². The van der Waals surface area contributed by atoms with Gasteiger partial charge in [-0.25, -0.2) is 4.98 Å². The number of fused-ring (bicyclic) bond motifs is 1. The van der Waals surface area contributed by atoms with Crippen LogP contribution in [0.4, 0.5) is 0 Å². The van der Waals surface area contributed by atoms with Gasteiger partial charge >= 0.3 is 0 Å². The molecule has 5 nitrogen and oxygen atoms in total. The lowest BCUT2D eigenvalue weighted by Crippen LogP contribution is -2.27. The molecule has 1 aromatic heterocycles. The first kappa shape index (κ1) is 13.7. The molecule has 0 atom stereocenters. The fourth-order valence-corrected chi connectivity index (χ4v) is 2.15. The topological polar surface area (TPSA) is 64.0 Å². The van der Waals surface area contributed by atoms with Gasteiger partial charge in [-0.15, -0.1) is 0 Å². The SMILES string of the molecule is CCNC(=O)CCn1cnc2cc(Br)ccc2c1=O. The lowest BCUT2D eigenvalue weighted by Gasteiger charge is -2.06. The molecule has 0 saturated heterocycles. The molecule has 0 aliphatic rings. The molecule has 0 bridgehead atoms. The van der Waals surface area contributed by atoms with Crippen LogP contribution >= 0.6 is 15.9 Å². The summed E-state index contributed by atoms with van der Waals surface area (Å²) < 4.78 is 2.35. The van der Waals surface area contributed by atoms with Crippen molar-refractivity contribution in [2.24, 2.45) is 0 Å². The van der Waals surface area contributed by atoms with Crippen molar-refractivity contribution < 1.29 is 4.79 Å². The Labute approximate surface area is 118 Å². The fourth-order valence-electron chi connectivity index (χ4n) is 1.80. The van der Waals surface area contributed by atoms with Crippen molar-refractivity contribution in [3.8, 4) is 0 Å². The zero-order valence-electron chi connectivity index (χ0n) is 10.5. The molecule has 0 unspecified atom stereocenters. The van der Waals surface area contributed by atoms with Crippen LogP contribution < -0.4 is 10.9 Å². The van der Waals surface area contributed by atoms with Crippen molar-refractivity contribution in [1.29, 1.82) is 0 Å². The van der Waals surface area contributed by atoms with E-state index in [0.717, 1.165) is 4.47 Å². The Kier molecular flexibility index (Phi) is 4.31. The average Bonchev–Trinajstić information content (AvgIpc) is 2.38. The summed E-state index contributed by atoms with van der Waals surface area (Å²) in [5.41, 5.74) is 0.524. The van der Waals surface area contributed by atoms with Gasteiger partial charge in [0.25, 0.3) is 5.56 Å². The summed E-state index contributed by atoms with van der Waals surface area (Å²) in [6, 6.07) is 5.34. The number of carbonyl (C=O) groups excluding carboxylic acids is 1. The number of aromatic nitrogens is 2. The highest BCUT2D eigenvalue weighted by atomic mass is 79.9. The summed E-state index contributed by atoms with van der Waals surface area (Å²) >= 11 is 3.34. The van der Waals surface area contributed by atoms with E-state index >= 15 is 0 Å². The molecule has 6 heteroatoms. The summed E-state index contributed by atoms with van der Waals surface area (Å²) in [5, 5.41) is 3.26. The van der Waals surface area contributed by atoms with Crippen LogP contribution in [0, 0.1) is 0 Å². The van der Waals surface area contributed by atoms with Gasteiger partial charge in [0.15, 0.2) is 0 Å². The molecule has 0 aliphatic carbocycles. The Hall–Kier alpha value is -1.69. The summed E-state index contributed by atoms with van der Waals surface area (Å²) in [5.74, 6) is -0.0645. The smallest absolute Gasteiger partial charge is 0.261 e. The van der Waals surface area contributed by atoms with E-state index in [0.29, 0.717) is 24.0 Å². The first-order chi connectivity index (χ1) is 9.11. The number of halogens is 1. The maximum atomic E-state index is 12.2. The Morgan fingerprint density at radius 2 is 2.26 bits per heavy atom. The van der Waals surface area contributed by atoms with Crippen molar-refractivity contribution in [1.82, 2.24) is 14.9 Å². The van der Waals surface area contributed by atoms with E-state index in [1.165, 1.54) is 10.9 Å². The molecule has 1 heterocycles. The van der Waals surface area contributed by atoms with E-state index < -0.39 is 0 Å². The highest BCUT2D eigenvalue weighted by Gasteiger charge is 2.06. The Morgan fingerprint density at radius 3 is 3.00 bits per heavy atom. The second kappa shape index (κ2) is 5.97. The van der Waals surface area contributed by atoms with Gasteiger partial charge in [-0.1, -0.05) is 15.9 Å². The lowest BCUT2D eigenvalue weighted by molar-refractivity contribution is -0.121. The maximum Gasteiger partial charge on any atom is 0.261 e. The second-order valence-electron chi connectivity index (χ2n) is 4.11. The lowest BCUT2D eigenvalue weighted by atomic mass is 10.2. The van der Waals surface area contributed by atoms with Gasteiger partial charge in [0, 0.05) is 24.0 Å². The minimum absolute atomic E-state index is 0.0645. The Morgan fingerprint density at radius 1 is 1.47 bits per heavy atom. The number of carbonyl (C=O) groups is 1. The molecular formula is C13H14BrN3O2. The van der Waals surface area contributed by atoms with Gasteiger partial charge in [-0.05, 0) is 25.1 Å². The molecule has 1 aromatic carbocycles. The number of rotatable bonds is 4. The number of hydrogen-bond acceptors (Lipinski definition) is 3. The van der Waals surface area contributed by atoms with Crippen molar-refractivity contribution in [2.45, 2.75) is 19.9 Å². The zero-order chi connectivity index (χ0) is 13.8. The minimum Gasteiger partial charge on any atom is -0.356 e. The monoisotopic (exact) mass is 323 g/mol. The van der Waals surface area contributed by atoms with E-state index in [4.69, 9.17) is 0 Å². The largest absolute Gasteiger partial charge is 0.356 e. The van der Waals surface area contributed by atoms with Crippen LogP contribution in [0.1, 0.15) is 13.3 Å². The molecule has 1 N–H and O–H groups in total. The Balaban J connectivity index is 2.26. The Bertz CT molecular complexity index is 666. The molecular weight excluding hydrogens is 310 g/mol. The van der Waals surface area contributed by atoms with Gasteiger partial charge < -0.3 is 5.32 Å². The number of amides is 1. The number of nitrogens with zero attached hydrogens (tertiary/aromatic N) is 2. The number of nitrogens with one attached hydrogen (secondary N) is 1. The van der Waals surface area contributed by atoms with Gasteiger partial charge in [0.1, 0.15) is 0 Å². The van der Waals surface area contributed by atoms with Gasteiger partial charge in [0.2, 0.25) is 5.91 Å². The van der Waals surface area contributed by atoms with Crippen LogP contribution in [0.15, 0.2) is 33.8 Å². The molecule has 100 valence electrons. The number of benzene rings is 1. The third-order valence-corrected chi connectivity index (χ3v) is 3.23. The molecule has 2 aromatic rings. The van der Waals surface area contributed by atoms with Crippen LogP contribution in [-0.4, -0.2) is 22.0 Å². The molecule has 0 aliphatic heterocycles. The first-order valence-corrected chi connectivity index (χ1v) is 6.82. The van der Waals surface area contributed by atoms with Crippen LogP contribution in [0.3, 0.4) is 0 Å². The summed E-state index contributed by atoms with van der Waals surface area (Å²) in [4.78, 5) is 27.8.